The summed E-state index contributed by atoms with van der Waals surface area (Å²) in [4.78, 5) is 4.27. The monoisotopic (exact) mass is 297 g/mol. The van der Waals surface area contributed by atoms with E-state index >= 15 is 0 Å². The first-order chi connectivity index (χ1) is 8.13. The molecule has 90 valence electrons. The molecule has 0 aliphatic rings. The van der Waals surface area contributed by atoms with E-state index in [0.29, 0.717) is 12.1 Å². The van der Waals surface area contributed by atoms with Gasteiger partial charge in [-0.1, -0.05) is 15.9 Å². The van der Waals surface area contributed by atoms with E-state index in [2.05, 4.69) is 26.2 Å². The fourth-order valence-electron chi connectivity index (χ4n) is 1.71. The molecule has 0 bridgehead atoms. The quantitative estimate of drug-likeness (QED) is 0.944. The Hall–Kier alpha value is -1.20. The number of nitrogens with zero attached hydrogens (tertiary/aromatic N) is 2. The topological polar surface area (TPSA) is 29.9 Å². The fourth-order valence-corrected chi connectivity index (χ4v) is 2.08. The Morgan fingerprint density at radius 2 is 2.24 bits per heavy atom. The van der Waals surface area contributed by atoms with Crippen LogP contribution in [-0.4, -0.2) is 16.6 Å². The highest BCUT2D eigenvalue weighted by molar-refractivity contribution is 9.10. The maximum atomic E-state index is 13.8. The normalized spacial score (nSPS) is 10.8. The van der Waals surface area contributed by atoms with Crippen LogP contribution in [0.3, 0.4) is 0 Å². The molecule has 1 heterocycles. The van der Waals surface area contributed by atoms with Crippen LogP contribution in [0.5, 0.6) is 0 Å². The van der Waals surface area contributed by atoms with Crippen LogP contribution in [-0.2, 0) is 13.6 Å². The van der Waals surface area contributed by atoms with Crippen molar-refractivity contribution in [2.75, 3.05) is 7.05 Å². The van der Waals surface area contributed by atoms with Crippen molar-refractivity contribution in [1.29, 1.82) is 0 Å². The lowest BCUT2D eigenvalue weighted by Gasteiger charge is -2.07. The molecule has 0 unspecified atom stereocenters. The lowest BCUT2D eigenvalue weighted by atomic mass is 10.1. The van der Waals surface area contributed by atoms with Gasteiger partial charge in [0.1, 0.15) is 11.6 Å². The predicted octanol–water partition coefficient (Wildman–Crippen LogP) is 2.71. The molecule has 2 aromatic rings. The standard InChI is InChI=1S/C12H13BrFN3/c1-15-7-12-16-6-11(17(12)2)9-5-8(13)3-4-10(9)14/h3-6,15H,7H2,1-2H3. The minimum Gasteiger partial charge on any atom is -0.330 e. The number of benzene rings is 1. The van der Waals surface area contributed by atoms with Gasteiger partial charge < -0.3 is 9.88 Å². The average molecular weight is 298 g/mol. The molecule has 1 N–H and O–H groups in total. The number of rotatable bonds is 3. The summed E-state index contributed by atoms with van der Waals surface area (Å²) in [5, 5.41) is 3.03. The van der Waals surface area contributed by atoms with Crippen molar-refractivity contribution < 1.29 is 4.39 Å². The molecular weight excluding hydrogens is 285 g/mol. The van der Waals surface area contributed by atoms with Gasteiger partial charge in [-0.15, -0.1) is 0 Å². The minimum absolute atomic E-state index is 0.243. The second-order valence-corrected chi connectivity index (χ2v) is 4.69. The molecular formula is C12H13BrFN3. The maximum absolute atomic E-state index is 13.8. The molecule has 0 radical (unpaired) electrons. The third kappa shape index (κ3) is 2.40. The minimum atomic E-state index is -0.243. The molecule has 0 fully saturated rings. The molecule has 0 saturated carbocycles. The Balaban J connectivity index is 2.49. The number of imidazole rings is 1. The van der Waals surface area contributed by atoms with Gasteiger partial charge in [-0.05, 0) is 25.2 Å². The summed E-state index contributed by atoms with van der Waals surface area (Å²) in [5.74, 6) is 0.633. The van der Waals surface area contributed by atoms with E-state index in [1.807, 2.05) is 18.7 Å². The van der Waals surface area contributed by atoms with Crippen LogP contribution in [0.25, 0.3) is 11.3 Å². The van der Waals surface area contributed by atoms with Crippen molar-refractivity contribution in [3.05, 3.63) is 40.5 Å². The zero-order valence-electron chi connectivity index (χ0n) is 9.67. The van der Waals surface area contributed by atoms with E-state index in [0.717, 1.165) is 16.0 Å². The number of aromatic nitrogens is 2. The smallest absolute Gasteiger partial charge is 0.132 e. The first-order valence-corrected chi connectivity index (χ1v) is 6.03. The molecule has 0 amide bonds. The Morgan fingerprint density at radius 3 is 2.94 bits per heavy atom. The second kappa shape index (κ2) is 4.98. The summed E-state index contributed by atoms with van der Waals surface area (Å²) in [6.45, 7) is 0.659. The molecule has 0 aliphatic heterocycles. The molecule has 0 saturated heterocycles. The molecule has 3 nitrogen and oxygen atoms in total. The zero-order chi connectivity index (χ0) is 12.4. The molecule has 0 spiro atoms. The third-order valence-corrected chi connectivity index (χ3v) is 3.12. The average Bonchev–Trinajstić information content (AvgIpc) is 2.65. The molecule has 1 aromatic carbocycles. The predicted molar refractivity (Wildman–Crippen MR) is 69.1 cm³/mol. The van der Waals surface area contributed by atoms with Crippen LogP contribution in [0.1, 0.15) is 5.82 Å². The molecule has 17 heavy (non-hydrogen) atoms. The summed E-state index contributed by atoms with van der Waals surface area (Å²) in [5.41, 5.74) is 1.32. The Labute approximate surface area is 108 Å². The summed E-state index contributed by atoms with van der Waals surface area (Å²) in [6, 6.07) is 4.89. The Bertz CT molecular complexity index is 537. The van der Waals surface area contributed by atoms with Crippen LogP contribution in [0.4, 0.5) is 4.39 Å². The number of nitrogens with one attached hydrogen (secondary N) is 1. The van der Waals surface area contributed by atoms with Crippen molar-refractivity contribution in [3.63, 3.8) is 0 Å². The highest BCUT2D eigenvalue weighted by Gasteiger charge is 2.12. The van der Waals surface area contributed by atoms with Crippen molar-refractivity contribution in [2.45, 2.75) is 6.54 Å². The third-order valence-electron chi connectivity index (χ3n) is 2.62. The summed E-state index contributed by atoms with van der Waals surface area (Å²) in [7, 11) is 3.74. The van der Waals surface area contributed by atoms with Crippen molar-refractivity contribution in [1.82, 2.24) is 14.9 Å². The van der Waals surface area contributed by atoms with Crippen LogP contribution >= 0.6 is 15.9 Å². The molecule has 1 aromatic heterocycles. The van der Waals surface area contributed by atoms with Crippen molar-refractivity contribution >= 4 is 15.9 Å². The zero-order valence-corrected chi connectivity index (χ0v) is 11.3. The van der Waals surface area contributed by atoms with Gasteiger partial charge in [-0.3, -0.25) is 0 Å². The van der Waals surface area contributed by atoms with E-state index in [9.17, 15) is 4.39 Å². The molecule has 2 rings (SSSR count). The van der Waals surface area contributed by atoms with Gasteiger partial charge in [-0.25, -0.2) is 9.37 Å². The summed E-state index contributed by atoms with van der Waals surface area (Å²) >= 11 is 3.35. The highest BCUT2D eigenvalue weighted by atomic mass is 79.9. The number of hydrogen-bond donors (Lipinski definition) is 1. The van der Waals surface area contributed by atoms with Crippen LogP contribution in [0.15, 0.2) is 28.9 Å². The van der Waals surface area contributed by atoms with E-state index < -0.39 is 0 Å². The SMILES string of the molecule is CNCc1ncc(-c2cc(Br)ccc2F)n1C. The maximum Gasteiger partial charge on any atom is 0.132 e. The first-order valence-electron chi connectivity index (χ1n) is 5.24. The van der Waals surface area contributed by atoms with E-state index in [1.165, 1.54) is 6.07 Å². The Kier molecular flexibility index (Phi) is 3.59. The number of hydrogen-bond acceptors (Lipinski definition) is 2. The van der Waals surface area contributed by atoms with E-state index in [4.69, 9.17) is 0 Å². The lowest BCUT2D eigenvalue weighted by Crippen LogP contribution is -2.10. The Morgan fingerprint density at radius 1 is 1.47 bits per heavy atom. The van der Waals surface area contributed by atoms with Crippen molar-refractivity contribution in [3.8, 4) is 11.3 Å². The van der Waals surface area contributed by atoms with Gasteiger partial charge in [0.25, 0.3) is 0 Å². The van der Waals surface area contributed by atoms with Gasteiger partial charge in [0.05, 0.1) is 18.4 Å². The summed E-state index contributed by atoms with van der Waals surface area (Å²) < 4.78 is 16.5. The van der Waals surface area contributed by atoms with E-state index in [-0.39, 0.29) is 5.82 Å². The molecule has 0 aliphatic carbocycles. The van der Waals surface area contributed by atoms with Gasteiger partial charge in [-0.2, -0.15) is 0 Å². The van der Waals surface area contributed by atoms with Crippen LogP contribution < -0.4 is 5.32 Å². The van der Waals surface area contributed by atoms with Gasteiger partial charge in [0, 0.05) is 17.1 Å². The summed E-state index contributed by atoms with van der Waals surface area (Å²) in [6.07, 6.45) is 1.69. The van der Waals surface area contributed by atoms with Gasteiger partial charge in [0.2, 0.25) is 0 Å². The molecule has 0 atom stereocenters. The fraction of sp³-hybridized carbons (Fsp3) is 0.250. The van der Waals surface area contributed by atoms with Crippen LogP contribution in [0, 0.1) is 5.82 Å². The first kappa shape index (κ1) is 12.3. The molecule has 5 heteroatoms. The largest absolute Gasteiger partial charge is 0.330 e. The highest BCUT2D eigenvalue weighted by Crippen LogP contribution is 2.26. The van der Waals surface area contributed by atoms with Gasteiger partial charge >= 0.3 is 0 Å². The van der Waals surface area contributed by atoms with E-state index in [1.54, 1.807) is 18.3 Å². The number of halogens is 2. The van der Waals surface area contributed by atoms with Crippen molar-refractivity contribution in [2.24, 2.45) is 7.05 Å². The van der Waals surface area contributed by atoms with Gasteiger partial charge in [0.15, 0.2) is 0 Å². The van der Waals surface area contributed by atoms with Crippen LogP contribution in [0.2, 0.25) is 0 Å². The lowest BCUT2D eigenvalue weighted by molar-refractivity contribution is 0.628. The second-order valence-electron chi connectivity index (χ2n) is 3.77.